The molecule has 1 aliphatic heterocycles. The number of nitrogens with one attached hydrogen (secondary N) is 1. The van der Waals surface area contributed by atoms with Crippen molar-refractivity contribution in [2.24, 2.45) is 16.1 Å². The van der Waals surface area contributed by atoms with Crippen LogP contribution < -0.4 is 5.32 Å². The van der Waals surface area contributed by atoms with Crippen molar-refractivity contribution in [2.75, 3.05) is 6.54 Å². The van der Waals surface area contributed by atoms with Crippen molar-refractivity contribution in [3.63, 3.8) is 0 Å². The first kappa shape index (κ1) is 21.6. The average Bonchev–Trinajstić information content (AvgIpc) is 3.39. The minimum absolute atomic E-state index is 0.0517. The lowest BCUT2D eigenvalue weighted by atomic mass is 9.88. The molecule has 0 aliphatic carbocycles. The van der Waals surface area contributed by atoms with Crippen LogP contribution in [0.1, 0.15) is 17.0 Å². The maximum atomic E-state index is 13.0. The predicted molar refractivity (Wildman–Crippen MR) is 129 cm³/mol. The monoisotopic (exact) mass is 452 g/mol. The summed E-state index contributed by atoms with van der Waals surface area (Å²) in [5, 5.41) is 22.5. The third kappa shape index (κ3) is 4.08. The van der Waals surface area contributed by atoms with Gasteiger partial charge < -0.3 is 15.0 Å². The molecule has 0 spiro atoms. The molecule has 2 heterocycles. The third-order valence-electron chi connectivity index (χ3n) is 6.31. The van der Waals surface area contributed by atoms with Gasteiger partial charge in [0.25, 0.3) is 5.91 Å². The normalized spacial score (nSPS) is 17.9. The van der Waals surface area contributed by atoms with E-state index in [1.165, 1.54) is 0 Å². The third-order valence-corrected chi connectivity index (χ3v) is 6.31. The van der Waals surface area contributed by atoms with E-state index in [-0.39, 0.29) is 23.4 Å². The number of hydrogen-bond acceptors (Lipinski definition) is 4. The van der Waals surface area contributed by atoms with Gasteiger partial charge in [-0.1, -0.05) is 78.9 Å². The number of hydrogen-bond donors (Lipinski definition) is 2. The van der Waals surface area contributed by atoms with E-state index in [0.717, 1.165) is 23.1 Å². The number of aromatic nitrogens is 1. The summed E-state index contributed by atoms with van der Waals surface area (Å²) in [7, 11) is 0. The molecule has 2 atom stereocenters. The first-order valence-corrected chi connectivity index (χ1v) is 11.3. The highest BCUT2D eigenvalue weighted by atomic mass is 16.3. The van der Waals surface area contributed by atoms with Gasteiger partial charge in [-0.2, -0.15) is 0 Å². The standard InChI is InChI=1S/C27H24N4O3/c32-25-23(21(17-28-25)19-11-5-2-6-12-19)26(33)30-29-24-20-13-7-8-14-22(20)31(27(24)34)16-15-18-9-3-1-4-10-18/h1-14,21,23,34H,15-17H2,(H,28,32)/t21-,23-/m0/s1. The van der Waals surface area contributed by atoms with Gasteiger partial charge in [-0.25, -0.2) is 0 Å². The van der Waals surface area contributed by atoms with Gasteiger partial charge in [0.2, 0.25) is 11.8 Å². The fourth-order valence-corrected chi connectivity index (χ4v) is 4.56. The summed E-state index contributed by atoms with van der Waals surface area (Å²) in [4.78, 5) is 25.4. The highest BCUT2D eigenvalue weighted by Crippen LogP contribution is 2.39. The fraction of sp³-hybridized carbons (Fsp3) is 0.185. The van der Waals surface area contributed by atoms with E-state index in [1.807, 2.05) is 84.9 Å². The number of aryl methyl sites for hydroxylation is 2. The molecule has 1 aromatic heterocycles. The maximum absolute atomic E-state index is 13.0. The van der Waals surface area contributed by atoms with Gasteiger partial charge in [-0.05, 0) is 23.6 Å². The second-order valence-electron chi connectivity index (χ2n) is 8.35. The van der Waals surface area contributed by atoms with E-state index in [9.17, 15) is 14.7 Å². The Hall–Kier alpha value is -4.26. The molecule has 7 nitrogen and oxygen atoms in total. The quantitative estimate of drug-likeness (QED) is 0.327. The number of azo groups is 1. The number of rotatable bonds is 6. The van der Waals surface area contributed by atoms with Gasteiger partial charge in [-0.15, -0.1) is 10.2 Å². The summed E-state index contributed by atoms with van der Waals surface area (Å²) in [6.07, 6.45) is 0.726. The first-order chi connectivity index (χ1) is 16.6. The zero-order valence-corrected chi connectivity index (χ0v) is 18.5. The molecule has 1 fully saturated rings. The molecule has 4 aromatic rings. The molecule has 0 bridgehead atoms. The maximum Gasteiger partial charge on any atom is 0.277 e. The number of amides is 2. The summed E-state index contributed by atoms with van der Waals surface area (Å²) in [6.45, 7) is 0.916. The SMILES string of the molecule is O=C(N=Nc1c(O)n(CCc2ccccc2)c2ccccc12)[C@@H]1C(=O)NC[C@H]1c1ccccc1. The van der Waals surface area contributed by atoms with Crippen LogP contribution in [-0.4, -0.2) is 28.0 Å². The number of carbonyl (C=O) groups excluding carboxylic acids is 2. The Balaban J connectivity index is 1.43. The van der Waals surface area contributed by atoms with Crippen LogP contribution >= 0.6 is 0 Å². The molecule has 2 amide bonds. The van der Waals surface area contributed by atoms with Crippen molar-refractivity contribution in [3.8, 4) is 5.88 Å². The van der Waals surface area contributed by atoms with Crippen molar-refractivity contribution in [1.29, 1.82) is 0 Å². The average molecular weight is 453 g/mol. The molecule has 0 radical (unpaired) electrons. The largest absolute Gasteiger partial charge is 0.493 e. The Morgan fingerprint density at radius 2 is 1.65 bits per heavy atom. The number of aromatic hydroxyl groups is 1. The van der Waals surface area contributed by atoms with Crippen LogP contribution in [0, 0.1) is 5.92 Å². The molecule has 1 saturated heterocycles. The minimum Gasteiger partial charge on any atom is -0.493 e. The Labute approximate surface area is 196 Å². The van der Waals surface area contributed by atoms with Crippen molar-refractivity contribution in [3.05, 3.63) is 96.1 Å². The molecule has 170 valence electrons. The number of fused-ring (bicyclic) bond motifs is 1. The van der Waals surface area contributed by atoms with Crippen molar-refractivity contribution in [2.45, 2.75) is 18.9 Å². The number of carbonyl (C=O) groups is 2. The highest BCUT2D eigenvalue weighted by molar-refractivity contribution is 6.03. The van der Waals surface area contributed by atoms with Gasteiger partial charge in [0.05, 0.1) is 5.52 Å². The van der Waals surface area contributed by atoms with E-state index in [0.29, 0.717) is 18.5 Å². The van der Waals surface area contributed by atoms with Gasteiger partial charge >= 0.3 is 0 Å². The molecule has 7 heteroatoms. The Kier molecular flexibility index (Phi) is 5.91. The van der Waals surface area contributed by atoms with Crippen LogP contribution in [-0.2, 0) is 22.6 Å². The molecule has 1 aliphatic rings. The minimum atomic E-state index is -0.945. The van der Waals surface area contributed by atoms with E-state index in [1.54, 1.807) is 4.57 Å². The first-order valence-electron chi connectivity index (χ1n) is 11.3. The molecule has 2 N–H and O–H groups in total. The summed E-state index contributed by atoms with van der Waals surface area (Å²) in [6, 6.07) is 26.9. The topological polar surface area (TPSA) is 96.0 Å². The summed E-state index contributed by atoms with van der Waals surface area (Å²) in [5.41, 5.74) is 3.08. The summed E-state index contributed by atoms with van der Waals surface area (Å²) in [5.74, 6) is -2.28. The van der Waals surface area contributed by atoms with Crippen LogP contribution in [0.4, 0.5) is 5.69 Å². The van der Waals surface area contributed by atoms with Crippen LogP contribution in [0.3, 0.4) is 0 Å². The molecule has 3 aromatic carbocycles. The second-order valence-corrected chi connectivity index (χ2v) is 8.35. The van der Waals surface area contributed by atoms with E-state index < -0.39 is 11.8 Å². The smallest absolute Gasteiger partial charge is 0.277 e. The lowest BCUT2D eigenvalue weighted by Crippen LogP contribution is -2.25. The second kappa shape index (κ2) is 9.31. The van der Waals surface area contributed by atoms with E-state index in [2.05, 4.69) is 15.5 Å². The summed E-state index contributed by atoms with van der Waals surface area (Å²) >= 11 is 0. The van der Waals surface area contributed by atoms with Crippen molar-refractivity contribution >= 4 is 28.4 Å². The molecule has 5 rings (SSSR count). The lowest BCUT2D eigenvalue weighted by Gasteiger charge is -2.13. The molecule has 0 unspecified atom stereocenters. The Morgan fingerprint density at radius 3 is 2.41 bits per heavy atom. The van der Waals surface area contributed by atoms with E-state index >= 15 is 0 Å². The van der Waals surface area contributed by atoms with Crippen LogP contribution in [0.5, 0.6) is 5.88 Å². The Bertz CT molecular complexity index is 1360. The molecule has 0 saturated carbocycles. The number of para-hydroxylation sites is 1. The number of benzene rings is 3. The molecular formula is C27H24N4O3. The predicted octanol–water partition coefficient (Wildman–Crippen LogP) is 4.73. The molecule has 34 heavy (non-hydrogen) atoms. The number of nitrogens with zero attached hydrogens (tertiary/aromatic N) is 3. The fourth-order valence-electron chi connectivity index (χ4n) is 4.56. The zero-order valence-electron chi connectivity index (χ0n) is 18.5. The molecular weight excluding hydrogens is 428 g/mol. The van der Waals surface area contributed by atoms with Crippen LogP contribution in [0.15, 0.2) is 95.2 Å². The van der Waals surface area contributed by atoms with Gasteiger partial charge in [-0.3, -0.25) is 9.59 Å². The Morgan fingerprint density at radius 1 is 0.971 bits per heavy atom. The zero-order chi connectivity index (χ0) is 23.5. The summed E-state index contributed by atoms with van der Waals surface area (Å²) < 4.78 is 1.77. The van der Waals surface area contributed by atoms with Crippen LogP contribution in [0.2, 0.25) is 0 Å². The van der Waals surface area contributed by atoms with Crippen LogP contribution in [0.25, 0.3) is 10.9 Å². The van der Waals surface area contributed by atoms with Gasteiger partial charge in [0.1, 0.15) is 5.92 Å². The van der Waals surface area contributed by atoms with Gasteiger partial charge in [0, 0.05) is 24.4 Å². The van der Waals surface area contributed by atoms with Crippen molar-refractivity contribution in [1.82, 2.24) is 9.88 Å². The lowest BCUT2D eigenvalue weighted by molar-refractivity contribution is -0.131. The highest BCUT2D eigenvalue weighted by Gasteiger charge is 2.41. The van der Waals surface area contributed by atoms with Crippen molar-refractivity contribution < 1.29 is 14.7 Å². The van der Waals surface area contributed by atoms with Gasteiger partial charge in [0.15, 0.2) is 5.69 Å². The van der Waals surface area contributed by atoms with E-state index in [4.69, 9.17) is 0 Å².